The molecule has 0 unspecified atom stereocenters. The molecule has 1 aliphatic rings. The second kappa shape index (κ2) is 9.97. The molecule has 3 aromatic carbocycles. The second-order valence-corrected chi connectivity index (χ2v) is 7.20. The molecular weight excluding hydrogens is 424 g/mol. The molecule has 0 bridgehead atoms. The van der Waals surface area contributed by atoms with E-state index in [9.17, 15) is 9.59 Å². The summed E-state index contributed by atoms with van der Waals surface area (Å²) in [4.78, 5) is 24.8. The minimum absolute atomic E-state index is 0.264. The minimum atomic E-state index is -0.524. The maximum absolute atomic E-state index is 12.4. The average Bonchev–Trinajstić information content (AvgIpc) is 3.32. The van der Waals surface area contributed by atoms with Crippen LogP contribution in [0.4, 0.5) is 0 Å². The van der Waals surface area contributed by atoms with Crippen molar-refractivity contribution in [2.75, 3.05) is 14.2 Å². The van der Waals surface area contributed by atoms with E-state index in [4.69, 9.17) is 18.9 Å². The number of carbonyl (C=O) groups is 2. The SMILES string of the molecule is COc1ccc(C(=O)Oc2ccc(C=NNC(=O)c3ccc4c(c3)COC4)cc2OC)cc1. The van der Waals surface area contributed by atoms with Gasteiger partial charge in [-0.3, -0.25) is 4.79 Å². The standard InChI is InChI=1S/C25H22N2O6/c1-30-21-8-6-17(7-9-21)25(29)33-22-10-3-16(11-23(22)31-2)13-26-27-24(28)18-4-5-19-14-32-15-20(19)12-18/h3-13H,14-15H2,1-2H3,(H,27,28). The lowest BCUT2D eigenvalue weighted by molar-refractivity contribution is 0.0729. The van der Waals surface area contributed by atoms with Gasteiger partial charge in [-0.2, -0.15) is 5.10 Å². The Morgan fingerprint density at radius 3 is 2.39 bits per heavy atom. The van der Waals surface area contributed by atoms with Crippen molar-refractivity contribution in [3.05, 3.63) is 88.5 Å². The highest BCUT2D eigenvalue weighted by Gasteiger charge is 2.15. The van der Waals surface area contributed by atoms with Crippen LogP contribution in [0.2, 0.25) is 0 Å². The molecule has 168 valence electrons. The molecule has 0 aliphatic carbocycles. The van der Waals surface area contributed by atoms with Crippen molar-refractivity contribution in [2.45, 2.75) is 13.2 Å². The van der Waals surface area contributed by atoms with Gasteiger partial charge in [0.2, 0.25) is 0 Å². The first-order chi connectivity index (χ1) is 16.1. The van der Waals surface area contributed by atoms with Gasteiger partial charge in [-0.1, -0.05) is 6.07 Å². The smallest absolute Gasteiger partial charge is 0.343 e. The van der Waals surface area contributed by atoms with E-state index in [-0.39, 0.29) is 11.7 Å². The van der Waals surface area contributed by atoms with Gasteiger partial charge < -0.3 is 18.9 Å². The van der Waals surface area contributed by atoms with Gasteiger partial charge in [-0.15, -0.1) is 0 Å². The van der Waals surface area contributed by atoms with Gasteiger partial charge >= 0.3 is 5.97 Å². The fraction of sp³-hybridized carbons (Fsp3) is 0.160. The van der Waals surface area contributed by atoms with Crippen molar-refractivity contribution in [3.8, 4) is 17.2 Å². The summed E-state index contributed by atoms with van der Waals surface area (Å²) in [6, 6.07) is 17.0. The Bertz CT molecular complexity index is 1200. The van der Waals surface area contributed by atoms with Crippen LogP contribution in [0.25, 0.3) is 0 Å². The van der Waals surface area contributed by atoms with Crippen LogP contribution in [0.3, 0.4) is 0 Å². The van der Waals surface area contributed by atoms with Gasteiger partial charge in [0.25, 0.3) is 5.91 Å². The molecule has 0 spiro atoms. The molecule has 4 rings (SSSR count). The number of methoxy groups -OCH3 is 2. The molecule has 1 N–H and O–H groups in total. The zero-order valence-corrected chi connectivity index (χ0v) is 18.2. The molecule has 8 heteroatoms. The van der Waals surface area contributed by atoms with Crippen LogP contribution in [0.1, 0.15) is 37.4 Å². The van der Waals surface area contributed by atoms with Crippen molar-refractivity contribution in [2.24, 2.45) is 5.10 Å². The Balaban J connectivity index is 1.40. The molecule has 0 atom stereocenters. The lowest BCUT2D eigenvalue weighted by atomic mass is 10.1. The highest BCUT2D eigenvalue weighted by Crippen LogP contribution is 2.28. The van der Waals surface area contributed by atoms with E-state index in [1.165, 1.54) is 13.3 Å². The van der Waals surface area contributed by atoms with Crippen molar-refractivity contribution in [3.63, 3.8) is 0 Å². The Hall–Kier alpha value is -4.17. The zero-order valence-electron chi connectivity index (χ0n) is 18.2. The van der Waals surface area contributed by atoms with E-state index >= 15 is 0 Å². The zero-order chi connectivity index (χ0) is 23.2. The third kappa shape index (κ3) is 5.19. The molecule has 0 fully saturated rings. The van der Waals surface area contributed by atoms with Crippen molar-refractivity contribution < 1.29 is 28.5 Å². The molecular formula is C25H22N2O6. The van der Waals surface area contributed by atoms with Crippen LogP contribution < -0.4 is 19.6 Å². The molecule has 1 amide bonds. The summed E-state index contributed by atoms with van der Waals surface area (Å²) in [5.74, 6) is 0.415. The minimum Gasteiger partial charge on any atom is -0.497 e. The normalized spacial score (nSPS) is 12.3. The number of amides is 1. The first kappa shape index (κ1) is 22.0. The number of esters is 1. The summed E-state index contributed by atoms with van der Waals surface area (Å²) < 4.78 is 21.3. The van der Waals surface area contributed by atoms with Crippen LogP contribution in [-0.2, 0) is 18.0 Å². The number of ether oxygens (including phenoxy) is 4. The van der Waals surface area contributed by atoms with Gasteiger partial charge in [-0.25, -0.2) is 10.2 Å². The number of nitrogens with zero attached hydrogens (tertiary/aromatic N) is 1. The molecule has 0 saturated heterocycles. The van der Waals surface area contributed by atoms with Gasteiger partial charge in [0.15, 0.2) is 11.5 Å². The molecule has 33 heavy (non-hydrogen) atoms. The predicted octanol–water partition coefficient (Wildman–Crippen LogP) is 3.72. The number of fused-ring (bicyclic) bond motifs is 1. The van der Waals surface area contributed by atoms with Crippen LogP contribution >= 0.6 is 0 Å². The summed E-state index contributed by atoms with van der Waals surface area (Å²) in [5.41, 5.74) is 6.15. The topological polar surface area (TPSA) is 95.5 Å². The highest BCUT2D eigenvalue weighted by atomic mass is 16.6. The Morgan fingerprint density at radius 2 is 1.64 bits per heavy atom. The highest BCUT2D eigenvalue weighted by molar-refractivity contribution is 5.95. The molecule has 0 radical (unpaired) electrons. The van der Waals surface area contributed by atoms with Crippen molar-refractivity contribution >= 4 is 18.1 Å². The fourth-order valence-corrected chi connectivity index (χ4v) is 3.28. The summed E-state index contributed by atoms with van der Waals surface area (Å²) >= 11 is 0. The van der Waals surface area contributed by atoms with E-state index in [2.05, 4.69) is 10.5 Å². The Labute approximate surface area is 190 Å². The molecule has 0 aromatic heterocycles. The largest absolute Gasteiger partial charge is 0.497 e. The third-order valence-corrected chi connectivity index (χ3v) is 5.08. The van der Waals surface area contributed by atoms with E-state index < -0.39 is 5.97 Å². The van der Waals surface area contributed by atoms with Crippen molar-refractivity contribution in [1.29, 1.82) is 0 Å². The molecule has 3 aromatic rings. The molecule has 0 saturated carbocycles. The summed E-state index contributed by atoms with van der Waals surface area (Å²) in [7, 11) is 3.03. The van der Waals surface area contributed by atoms with Crippen LogP contribution in [0.15, 0.2) is 65.8 Å². The number of carbonyl (C=O) groups excluding carboxylic acids is 2. The summed E-state index contributed by atoms with van der Waals surface area (Å²) in [6.45, 7) is 1.08. The van der Waals surface area contributed by atoms with Gasteiger partial charge in [-0.05, 0) is 71.3 Å². The fourth-order valence-electron chi connectivity index (χ4n) is 3.28. The average molecular weight is 446 g/mol. The van der Waals surface area contributed by atoms with E-state index in [0.29, 0.717) is 41.4 Å². The second-order valence-electron chi connectivity index (χ2n) is 7.20. The van der Waals surface area contributed by atoms with Crippen LogP contribution in [-0.4, -0.2) is 32.3 Å². The number of hydrogen-bond donors (Lipinski definition) is 1. The maximum atomic E-state index is 12.4. The predicted molar refractivity (Wildman–Crippen MR) is 121 cm³/mol. The van der Waals surface area contributed by atoms with E-state index in [1.54, 1.807) is 55.6 Å². The maximum Gasteiger partial charge on any atom is 0.343 e. The lowest BCUT2D eigenvalue weighted by Gasteiger charge is -2.10. The van der Waals surface area contributed by atoms with Gasteiger partial charge in [0, 0.05) is 5.56 Å². The molecule has 8 nitrogen and oxygen atoms in total. The van der Waals surface area contributed by atoms with E-state index in [0.717, 1.165) is 11.1 Å². The Morgan fingerprint density at radius 1 is 0.879 bits per heavy atom. The number of hydrazone groups is 1. The van der Waals surface area contributed by atoms with Crippen molar-refractivity contribution in [1.82, 2.24) is 5.43 Å². The van der Waals surface area contributed by atoms with Gasteiger partial charge in [0.05, 0.1) is 39.2 Å². The number of benzene rings is 3. The van der Waals surface area contributed by atoms with Crippen LogP contribution in [0, 0.1) is 0 Å². The molecule has 1 heterocycles. The summed E-state index contributed by atoms with van der Waals surface area (Å²) in [5, 5.41) is 4.01. The number of rotatable bonds is 7. The number of hydrogen-bond acceptors (Lipinski definition) is 7. The monoisotopic (exact) mass is 446 g/mol. The quantitative estimate of drug-likeness (QED) is 0.257. The van der Waals surface area contributed by atoms with E-state index in [1.807, 2.05) is 12.1 Å². The van der Waals surface area contributed by atoms with Crippen LogP contribution in [0.5, 0.6) is 17.2 Å². The first-order valence-corrected chi connectivity index (χ1v) is 10.1. The molecule has 1 aliphatic heterocycles. The third-order valence-electron chi connectivity index (χ3n) is 5.08. The lowest BCUT2D eigenvalue weighted by Crippen LogP contribution is -2.17. The summed E-state index contributed by atoms with van der Waals surface area (Å²) in [6.07, 6.45) is 1.48. The first-order valence-electron chi connectivity index (χ1n) is 10.1. The van der Waals surface area contributed by atoms with Gasteiger partial charge in [0.1, 0.15) is 5.75 Å². The number of nitrogens with one attached hydrogen (secondary N) is 1. The Kier molecular flexibility index (Phi) is 6.66.